The van der Waals surface area contributed by atoms with E-state index in [1.807, 2.05) is 18.2 Å². The van der Waals surface area contributed by atoms with E-state index < -0.39 is 6.10 Å². The van der Waals surface area contributed by atoms with Gasteiger partial charge in [0.15, 0.2) is 0 Å². The van der Waals surface area contributed by atoms with E-state index in [1.54, 1.807) is 6.08 Å². The molecule has 0 spiro atoms. The normalized spacial score (nSPS) is 15.5. The lowest BCUT2D eigenvalue weighted by Gasteiger charge is -2.29. The number of aromatic nitrogens is 1. The zero-order valence-corrected chi connectivity index (χ0v) is 18.1. The Morgan fingerprint density at radius 3 is 2.73 bits per heavy atom. The first-order valence-corrected chi connectivity index (χ1v) is 11.1. The first-order valence-electron chi connectivity index (χ1n) is 11.1. The molecule has 1 aliphatic rings. The van der Waals surface area contributed by atoms with E-state index >= 15 is 0 Å². The average molecular weight is 414 g/mol. The van der Waals surface area contributed by atoms with Crippen molar-refractivity contribution in [3.8, 4) is 11.3 Å². The third-order valence-corrected chi connectivity index (χ3v) is 5.39. The van der Waals surface area contributed by atoms with Crippen molar-refractivity contribution >= 4 is 5.88 Å². The maximum absolute atomic E-state index is 10.5. The second kappa shape index (κ2) is 11.9. The largest absolute Gasteiger partial charge is 0.389 e. The second-order valence-corrected chi connectivity index (χ2v) is 7.94. The second-order valence-electron chi connectivity index (χ2n) is 7.94. The summed E-state index contributed by atoms with van der Waals surface area (Å²) in [4.78, 5) is 4.60. The molecule has 3 rings (SSSR count). The Morgan fingerprint density at radius 2 is 2.03 bits per heavy atom. The number of ether oxygens (including phenoxy) is 1. The number of piperidine rings is 1. The first kappa shape index (κ1) is 22.5. The summed E-state index contributed by atoms with van der Waals surface area (Å²) in [7, 11) is 0. The summed E-state index contributed by atoms with van der Waals surface area (Å²) in [5.41, 5.74) is 3.07. The minimum absolute atomic E-state index is 0.306. The predicted molar refractivity (Wildman–Crippen MR) is 121 cm³/mol. The van der Waals surface area contributed by atoms with Crippen molar-refractivity contribution in [2.45, 2.75) is 45.3 Å². The number of aliphatic hydroxyl groups excluding tert-OH is 1. The minimum atomic E-state index is -0.546. The summed E-state index contributed by atoms with van der Waals surface area (Å²) >= 11 is 0. The molecule has 1 unspecified atom stereocenters. The van der Waals surface area contributed by atoms with Gasteiger partial charge in [-0.3, -0.25) is 4.90 Å². The van der Waals surface area contributed by atoms with E-state index in [0.29, 0.717) is 26.3 Å². The molecule has 0 radical (unpaired) electrons. The smallest absolute Gasteiger partial charge is 0.232 e. The van der Waals surface area contributed by atoms with E-state index in [0.717, 1.165) is 48.8 Å². The minimum Gasteiger partial charge on any atom is -0.389 e. The highest BCUT2D eigenvalue weighted by Gasteiger charge is 2.26. The number of benzene rings is 1. The SMILES string of the molecule is C=CCOCC(O)CN(CCC)Cc1c(-c2ccccc2)noc1N1CCCCC1. The number of aliphatic hydroxyl groups is 1. The van der Waals surface area contributed by atoms with Crippen molar-refractivity contribution in [2.24, 2.45) is 0 Å². The maximum Gasteiger partial charge on any atom is 0.232 e. The standard InChI is InChI=1S/C24H35N3O3/c1-3-13-26(17-21(28)19-29-16-4-2)18-22-23(20-11-7-5-8-12-20)25-30-24(22)27-14-9-6-10-15-27/h4-5,7-8,11-12,21,28H,2-3,6,9-10,13-19H2,1H3. The van der Waals surface area contributed by atoms with Crippen LogP contribution in [-0.2, 0) is 11.3 Å². The molecule has 2 aromatic rings. The quantitative estimate of drug-likeness (QED) is 0.417. The molecule has 6 heteroatoms. The Bertz CT molecular complexity index is 756. The Hall–Kier alpha value is -2.15. The summed E-state index contributed by atoms with van der Waals surface area (Å²) in [6.45, 7) is 10.7. The molecule has 1 aromatic carbocycles. The lowest BCUT2D eigenvalue weighted by molar-refractivity contribution is 0.0246. The van der Waals surface area contributed by atoms with Crippen LogP contribution in [0.1, 0.15) is 38.2 Å². The Kier molecular flexibility index (Phi) is 8.93. The van der Waals surface area contributed by atoms with Crippen molar-refractivity contribution in [3.63, 3.8) is 0 Å². The van der Waals surface area contributed by atoms with Gasteiger partial charge < -0.3 is 19.3 Å². The van der Waals surface area contributed by atoms with E-state index in [4.69, 9.17) is 9.26 Å². The highest BCUT2D eigenvalue weighted by atomic mass is 16.5. The van der Waals surface area contributed by atoms with Crippen LogP contribution in [0.5, 0.6) is 0 Å². The highest BCUT2D eigenvalue weighted by Crippen LogP contribution is 2.33. The summed E-state index contributed by atoms with van der Waals surface area (Å²) in [6.07, 6.45) is 5.79. The monoisotopic (exact) mass is 413 g/mol. The van der Waals surface area contributed by atoms with Crippen molar-refractivity contribution in [1.82, 2.24) is 10.1 Å². The zero-order valence-electron chi connectivity index (χ0n) is 18.1. The number of anilines is 1. The summed E-state index contributed by atoms with van der Waals surface area (Å²) in [6, 6.07) is 10.2. The maximum atomic E-state index is 10.5. The van der Waals surface area contributed by atoms with Crippen LogP contribution >= 0.6 is 0 Å². The molecule has 0 amide bonds. The third-order valence-electron chi connectivity index (χ3n) is 5.39. The molecule has 0 aliphatic carbocycles. The van der Waals surface area contributed by atoms with Gasteiger partial charge in [0.2, 0.25) is 5.88 Å². The van der Waals surface area contributed by atoms with Crippen LogP contribution < -0.4 is 4.90 Å². The highest BCUT2D eigenvalue weighted by molar-refractivity contribution is 5.68. The van der Waals surface area contributed by atoms with Gasteiger partial charge in [0.05, 0.1) is 24.9 Å². The van der Waals surface area contributed by atoms with Gasteiger partial charge in [-0.1, -0.05) is 48.5 Å². The summed E-state index contributed by atoms with van der Waals surface area (Å²) < 4.78 is 11.3. The van der Waals surface area contributed by atoms with Gasteiger partial charge in [0.1, 0.15) is 5.69 Å². The molecule has 0 saturated carbocycles. The van der Waals surface area contributed by atoms with Crippen molar-refractivity contribution in [2.75, 3.05) is 44.3 Å². The summed E-state index contributed by atoms with van der Waals surface area (Å²) in [5, 5.41) is 14.9. The molecule has 164 valence electrons. The number of hydrogen-bond donors (Lipinski definition) is 1. The first-order chi connectivity index (χ1) is 14.7. The molecule has 1 N–H and O–H groups in total. The van der Waals surface area contributed by atoms with Crippen LogP contribution in [0.4, 0.5) is 5.88 Å². The van der Waals surface area contributed by atoms with E-state index in [2.05, 4.69) is 40.6 Å². The van der Waals surface area contributed by atoms with Crippen LogP contribution in [0, 0.1) is 0 Å². The fourth-order valence-electron chi connectivity index (χ4n) is 4.02. The topological polar surface area (TPSA) is 62.0 Å². The van der Waals surface area contributed by atoms with Crippen LogP contribution in [0.3, 0.4) is 0 Å². The lowest BCUT2D eigenvalue weighted by Crippen LogP contribution is -2.36. The molecular weight excluding hydrogens is 378 g/mol. The van der Waals surface area contributed by atoms with Gasteiger partial charge >= 0.3 is 0 Å². The molecule has 0 bridgehead atoms. The molecule has 1 aliphatic heterocycles. The predicted octanol–water partition coefficient (Wildman–Crippen LogP) is 4.11. The van der Waals surface area contributed by atoms with Crippen LogP contribution in [0.15, 0.2) is 47.5 Å². The van der Waals surface area contributed by atoms with Crippen molar-refractivity contribution < 1.29 is 14.4 Å². The number of rotatable bonds is 12. The van der Waals surface area contributed by atoms with Crippen molar-refractivity contribution in [1.29, 1.82) is 0 Å². The van der Waals surface area contributed by atoms with Gasteiger partial charge in [-0.25, -0.2) is 0 Å². The van der Waals surface area contributed by atoms with Crippen molar-refractivity contribution in [3.05, 3.63) is 48.6 Å². The molecule has 30 heavy (non-hydrogen) atoms. The van der Waals surface area contributed by atoms with Crippen LogP contribution in [0.25, 0.3) is 11.3 Å². The molecule has 1 saturated heterocycles. The van der Waals surface area contributed by atoms with Gasteiger partial charge in [-0.2, -0.15) is 0 Å². The fourth-order valence-corrected chi connectivity index (χ4v) is 4.02. The molecule has 1 aromatic heterocycles. The molecule has 2 heterocycles. The summed E-state index contributed by atoms with van der Waals surface area (Å²) in [5.74, 6) is 0.882. The molecule has 6 nitrogen and oxygen atoms in total. The van der Waals surface area contributed by atoms with E-state index in [-0.39, 0.29) is 0 Å². The number of nitrogens with zero attached hydrogens (tertiary/aromatic N) is 3. The molecular formula is C24H35N3O3. The van der Waals surface area contributed by atoms with Gasteiger partial charge in [0.25, 0.3) is 0 Å². The Balaban J connectivity index is 1.82. The molecule has 1 atom stereocenters. The average Bonchev–Trinajstić information content (AvgIpc) is 3.19. The number of hydrogen-bond acceptors (Lipinski definition) is 6. The van der Waals surface area contributed by atoms with E-state index in [1.165, 1.54) is 19.3 Å². The van der Waals surface area contributed by atoms with Gasteiger partial charge in [-0.15, -0.1) is 6.58 Å². The van der Waals surface area contributed by atoms with Crippen LogP contribution in [-0.4, -0.2) is 60.7 Å². The fraction of sp³-hybridized carbons (Fsp3) is 0.542. The van der Waals surface area contributed by atoms with E-state index in [9.17, 15) is 5.11 Å². The molecule has 1 fully saturated rings. The van der Waals surface area contributed by atoms with Gasteiger partial charge in [0, 0.05) is 31.7 Å². The zero-order chi connectivity index (χ0) is 21.2. The Labute approximate surface area is 180 Å². The van der Waals surface area contributed by atoms with Crippen LogP contribution in [0.2, 0.25) is 0 Å². The third kappa shape index (κ3) is 6.17. The Morgan fingerprint density at radius 1 is 1.27 bits per heavy atom. The van der Waals surface area contributed by atoms with Gasteiger partial charge in [-0.05, 0) is 32.2 Å². The lowest BCUT2D eigenvalue weighted by atomic mass is 10.1.